The highest BCUT2D eigenvalue weighted by molar-refractivity contribution is 6.19. The van der Waals surface area contributed by atoms with Gasteiger partial charge in [0.15, 0.2) is 11.6 Å². The molecule has 256 valence electrons. The first-order chi connectivity index (χ1) is 22.3. The monoisotopic (exact) mass is 647 g/mol. The smallest absolute Gasteiger partial charge is 0.237 e. The summed E-state index contributed by atoms with van der Waals surface area (Å²) in [4.78, 5) is 48.7. The Morgan fingerprint density at radius 1 is 1.06 bits per heavy atom. The molecule has 3 aromatic rings. The summed E-state index contributed by atoms with van der Waals surface area (Å²) in [5, 5.41) is 24.5. The normalized spacial score (nSPS) is 17.3. The van der Waals surface area contributed by atoms with Crippen molar-refractivity contribution in [3.8, 4) is 16.9 Å². The number of hydrogen-bond donors (Lipinski definition) is 6. The van der Waals surface area contributed by atoms with E-state index in [-0.39, 0.29) is 59.2 Å². The number of aliphatic hydroxyl groups excluding tert-OH is 1. The second-order valence-corrected chi connectivity index (χ2v) is 13.9. The van der Waals surface area contributed by atoms with Crippen LogP contribution < -0.4 is 16.8 Å². The van der Waals surface area contributed by atoms with Crippen molar-refractivity contribution in [2.75, 3.05) is 0 Å². The molecule has 1 amide bonds. The van der Waals surface area contributed by atoms with Crippen molar-refractivity contribution < 1.29 is 24.6 Å². The quantitative estimate of drug-likeness (QED) is 0.115. The molecule has 1 aliphatic carbocycles. The number of H-pyrrole nitrogens is 1. The highest BCUT2D eigenvalue weighted by atomic mass is 16.3. The van der Waals surface area contributed by atoms with Crippen LogP contribution in [0, 0.1) is 23.7 Å². The van der Waals surface area contributed by atoms with E-state index in [9.17, 15) is 24.6 Å². The Bertz CT molecular complexity index is 1560. The van der Waals surface area contributed by atoms with Crippen LogP contribution in [0.4, 0.5) is 0 Å². The second kappa shape index (κ2) is 16.0. The minimum Gasteiger partial charge on any atom is -0.508 e. The zero-order valence-corrected chi connectivity index (χ0v) is 28.5. The van der Waals surface area contributed by atoms with Gasteiger partial charge in [-0.25, -0.2) is 4.98 Å². The molecule has 10 heteroatoms. The Kier molecular flexibility index (Phi) is 12.3. The number of carbonyl (C=O) groups is 3. The van der Waals surface area contributed by atoms with Gasteiger partial charge in [-0.2, -0.15) is 0 Å². The SMILES string of the molecule is CC[C@H](C)[C@H](N)C(=O)NCc1nc2c(C(C)=O)c(C(=O)C(C[C@H](O)[C@@H](N)CC3CCCCC3)C(C)C)c(-c3cccc(O)c3)cc2[nH]1. The van der Waals surface area contributed by atoms with Crippen LogP contribution in [0.15, 0.2) is 30.3 Å². The minimum atomic E-state index is -0.885. The van der Waals surface area contributed by atoms with Gasteiger partial charge in [0, 0.05) is 17.5 Å². The lowest BCUT2D eigenvalue weighted by Crippen LogP contribution is -2.44. The maximum atomic E-state index is 14.7. The third kappa shape index (κ3) is 8.66. The van der Waals surface area contributed by atoms with E-state index in [1.54, 1.807) is 24.3 Å². The van der Waals surface area contributed by atoms with E-state index in [1.165, 1.54) is 32.3 Å². The maximum absolute atomic E-state index is 14.7. The summed E-state index contributed by atoms with van der Waals surface area (Å²) in [5.74, 6) is -0.825. The highest BCUT2D eigenvalue weighted by Crippen LogP contribution is 2.38. The standard InChI is InChI=1S/C37H53N5O5/c1-6-21(4)34(39)37(47)40-19-31-41-29-17-27(24-13-10-14-25(44)16-24)33(32(22(5)43)35(29)42-31)36(46)26(20(2)3)18-30(45)28(38)15-23-11-8-7-9-12-23/h10,13-14,16-17,20-21,23,26,28,30,34,44-45H,6-9,11-12,15,18-19,38-39H2,1-5H3,(H,40,47)(H,41,42)/t21-,26?,28-,30-,34-/m0/s1. The Morgan fingerprint density at radius 3 is 2.38 bits per heavy atom. The second-order valence-electron chi connectivity index (χ2n) is 13.9. The molecule has 1 heterocycles. The number of imidazole rings is 1. The van der Waals surface area contributed by atoms with Gasteiger partial charge in [-0.15, -0.1) is 0 Å². The average molecular weight is 648 g/mol. The van der Waals surface area contributed by atoms with Crippen LogP contribution in [0.2, 0.25) is 0 Å². The average Bonchev–Trinajstić information content (AvgIpc) is 3.46. The fourth-order valence-electron chi connectivity index (χ4n) is 6.85. The van der Waals surface area contributed by atoms with Gasteiger partial charge in [0.1, 0.15) is 17.1 Å². The van der Waals surface area contributed by atoms with Crippen molar-refractivity contribution >= 4 is 28.5 Å². The zero-order chi connectivity index (χ0) is 34.4. The van der Waals surface area contributed by atoms with E-state index in [0.29, 0.717) is 40.3 Å². The van der Waals surface area contributed by atoms with E-state index >= 15 is 0 Å². The summed E-state index contributed by atoms with van der Waals surface area (Å²) < 4.78 is 0. The number of ketones is 2. The summed E-state index contributed by atoms with van der Waals surface area (Å²) in [6, 6.07) is 7.18. The van der Waals surface area contributed by atoms with Crippen LogP contribution >= 0.6 is 0 Å². The Hall–Kier alpha value is -3.60. The van der Waals surface area contributed by atoms with Crippen LogP contribution in [0.3, 0.4) is 0 Å². The number of benzene rings is 2. The Labute approximate surface area is 278 Å². The van der Waals surface area contributed by atoms with E-state index < -0.39 is 24.1 Å². The van der Waals surface area contributed by atoms with E-state index in [1.807, 2.05) is 27.7 Å². The first-order valence-electron chi connectivity index (χ1n) is 17.2. The molecule has 47 heavy (non-hydrogen) atoms. The van der Waals surface area contributed by atoms with Crippen molar-refractivity contribution in [2.45, 2.75) is 111 Å². The third-order valence-corrected chi connectivity index (χ3v) is 10.0. The molecule has 0 bridgehead atoms. The molecule has 0 spiro atoms. The zero-order valence-electron chi connectivity index (χ0n) is 28.5. The molecule has 0 saturated heterocycles. The molecule has 0 radical (unpaired) electrons. The number of aromatic amines is 1. The third-order valence-electron chi connectivity index (χ3n) is 10.0. The fourth-order valence-corrected chi connectivity index (χ4v) is 6.85. The van der Waals surface area contributed by atoms with Crippen molar-refractivity contribution in [2.24, 2.45) is 35.1 Å². The number of phenols is 1. The lowest BCUT2D eigenvalue weighted by atomic mass is 9.77. The predicted molar refractivity (Wildman–Crippen MR) is 185 cm³/mol. The number of aromatic nitrogens is 2. The van der Waals surface area contributed by atoms with Gasteiger partial charge >= 0.3 is 0 Å². The van der Waals surface area contributed by atoms with Gasteiger partial charge in [-0.1, -0.05) is 78.4 Å². The summed E-state index contributed by atoms with van der Waals surface area (Å²) in [6.45, 7) is 9.21. The first kappa shape index (κ1) is 36.2. The Balaban J connectivity index is 1.75. The lowest BCUT2D eigenvalue weighted by molar-refractivity contribution is -0.123. The summed E-state index contributed by atoms with van der Waals surface area (Å²) in [5.41, 5.74) is 14.8. The number of nitrogens with zero attached hydrogens (tertiary/aromatic N) is 1. The predicted octanol–water partition coefficient (Wildman–Crippen LogP) is 5.63. The first-order valence-corrected chi connectivity index (χ1v) is 17.2. The van der Waals surface area contributed by atoms with E-state index in [4.69, 9.17) is 11.5 Å². The molecular formula is C37H53N5O5. The van der Waals surface area contributed by atoms with Crippen LogP contribution in [-0.4, -0.2) is 55.8 Å². The van der Waals surface area contributed by atoms with E-state index in [0.717, 1.165) is 19.3 Å². The molecule has 4 rings (SSSR count). The maximum Gasteiger partial charge on any atom is 0.237 e. The van der Waals surface area contributed by atoms with Crippen LogP contribution in [0.25, 0.3) is 22.2 Å². The number of rotatable bonds is 15. The molecule has 1 aliphatic rings. The molecule has 5 atom stereocenters. The van der Waals surface area contributed by atoms with Gasteiger partial charge in [-0.3, -0.25) is 14.4 Å². The number of nitrogens with two attached hydrogens (primary N) is 2. The van der Waals surface area contributed by atoms with E-state index in [2.05, 4.69) is 15.3 Å². The van der Waals surface area contributed by atoms with Gasteiger partial charge in [0.05, 0.1) is 29.8 Å². The summed E-state index contributed by atoms with van der Waals surface area (Å²) in [6.07, 6.45) is 6.58. The topological polar surface area (TPSA) is 184 Å². The van der Waals surface area contributed by atoms with Crippen LogP contribution in [0.5, 0.6) is 5.75 Å². The molecule has 1 fully saturated rings. The van der Waals surface area contributed by atoms with Crippen molar-refractivity contribution in [3.63, 3.8) is 0 Å². The molecule has 1 aromatic heterocycles. The number of aliphatic hydroxyl groups is 1. The van der Waals surface area contributed by atoms with Gasteiger partial charge < -0.3 is 32.0 Å². The lowest BCUT2D eigenvalue weighted by Gasteiger charge is -2.30. The fraction of sp³-hybridized carbons (Fsp3) is 0.568. The number of amides is 1. The van der Waals surface area contributed by atoms with Crippen LogP contribution in [0.1, 0.15) is 113 Å². The number of aromatic hydroxyl groups is 1. The molecule has 2 aromatic carbocycles. The molecule has 1 unspecified atom stereocenters. The summed E-state index contributed by atoms with van der Waals surface area (Å²) in [7, 11) is 0. The van der Waals surface area contributed by atoms with Gasteiger partial charge in [-0.05, 0) is 66.8 Å². The number of phenolic OH excluding ortho intramolecular Hbond substituents is 1. The number of hydrogen-bond acceptors (Lipinski definition) is 8. The molecule has 1 saturated carbocycles. The largest absolute Gasteiger partial charge is 0.508 e. The number of fused-ring (bicyclic) bond motifs is 1. The van der Waals surface area contributed by atoms with Crippen molar-refractivity contribution in [1.29, 1.82) is 0 Å². The molecule has 0 aliphatic heterocycles. The van der Waals surface area contributed by atoms with Gasteiger partial charge in [0.2, 0.25) is 5.91 Å². The van der Waals surface area contributed by atoms with Crippen molar-refractivity contribution in [3.05, 3.63) is 47.3 Å². The van der Waals surface area contributed by atoms with Crippen LogP contribution in [-0.2, 0) is 11.3 Å². The van der Waals surface area contributed by atoms with Gasteiger partial charge in [0.25, 0.3) is 0 Å². The van der Waals surface area contributed by atoms with Crippen molar-refractivity contribution in [1.82, 2.24) is 15.3 Å². The number of nitrogens with one attached hydrogen (secondary N) is 2. The number of carbonyl (C=O) groups excluding carboxylic acids is 3. The molecule has 8 N–H and O–H groups in total. The summed E-state index contributed by atoms with van der Waals surface area (Å²) >= 11 is 0. The highest BCUT2D eigenvalue weighted by Gasteiger charge is 2.34. The molecular weight excluding hydrogens is 594 g/mol. The number of Topliss-reactive ketones (excluding diaryl/α,β-unsaturated/α-hetero) is 2. The Morgan fingerprint density at radius 2 is 1.77 bits per heavy atom. The minimum absolute atomic E-state index is 0.00244. The molecule has 10 nitrogen and oxygen atoms in total.